The minimum atomic E-state index is 0.0313. The van der Waals surface area contributed by atoms with E-state index in [4.69, 9.17) is 16.8 Å². The summed E-state index contributed by atoms with van der Waals surface area (Å²) in [5.74, 6) is 0. The van der Waals surface area contributed by atoms with Crippen LogP contribution in [0.4, 0.5) is 0 Å². The lowest BCUT2D eigenvalue weighted by Crippen LogP contribution is -1.85. The Hall–Kier alpha value is -0.960. The fourth-order valence-corrected chi connectivity index (χ4v) is 0.547. The van der Waals surface area contributed by atoms with Crippen LogP contribution < -0.4 is 0 Å². The van der Waals surface area contributed by atoms with E-state index in [0.717, 1.165) is 0 Å². The van der Waals surface area contributed by atoms with Crippen LogP contribution in [0.5, 0.6) is 0 Å². The Morgan fingerprint density at radius 2 is 2.56 bits per heavy atom. The standard InChI is InChI=1S/C5H4ClNO2/c6-5(7-8)4-1-2-9-3-4/h1-3,8H. The Bertz CT molecular complexity index is 205. The van der Waals surface area contributed by atoms with Crippen molar-refractivity contribution in [1.82, 2.24) is 0 Å². The lowest BCUT2D eigenvalue weighted by atomic mass is 10.4. The first-order valence-corrected chi connectivity index (χ1v) is 2.62. The smallest absolute Gasteiger partial charge is 0.178 e. The van der Waals surface area contributed by atoms with Crippen LogP contribution in [0, 0.1) is 0 Å². The van der Waals surface area contributed by atoms with Gasteiger partial charge < -0.3 is 9.62 Å². The normalized spacial score (nSPS) is 11.9. The maximum absolute atomic E-state index is 8.12. The van der Waals surface area contributed by atoms with E-state index >= 15 is 0 Å². The number of hydrogen-bond donors (Lipinski definition) is 1. The zero-order valence-corrected chi connectivity index (χ0v) is 5.17. The van der Waals surface area contributed by atoms with Crippen LogP contribution in [-0.4, -0.2) is 10.4 Å². The van der Waals surface area contributed by atoms with Crippen molar-refractivity contribution in [3.63, 3.8) is 0 Å². The summed E-state index contributed by atoms with van der Waals surface area (Å²) >= 11 is 5.37. The van der Waals surface area contributed by atoms with E-state index in [1.807, 2.05) is 0 Å². The Balaban J connectivity index is 2.90. The number of hydrogen-bond acceptors (Lipinski definition) is 3. The van der Waals surface area contributed by atoms with Crippen molar-refractivity contribution in [2.24, 2.45) is 5.16 Å². The van der Waals surface area contributed by atoms with Gasteiger partial charge >= 0.3 is 0 Å². The highest BCUT2D eigenvalue weighted by Crippen LogP contribution is 2.04. The molecule has 1 aromatic rings. The van der Waals surface area contributed by atoms with Gasteiger partial charge in [0.15, 0.2) is 5.17 Å². The van der Waals surface area contributed by atoms with Crippen LogP contribution in [0.15, 0.2) is 28.2 Å². The van der Waals surface area contributed by atoms with E-state index in [9.17, 15) is 0 Å². The zero-order chi connectivity index (χ0) is 6.69. The number of rotatable bonds is 1. The largest absolute Gasteiger partial charge is 0.472 e. The molecule has 0 unspecified atom stereocenters. The van der Waals surface area contributed by atoms with Gasteiger partial charge in [-0.1, -0.05) is 16.8 Å². The summed E-state index contributed by atoms with van der Waals surface area (Å²) in [6, 6.07) is 1.60. The van der Waals surface area contributed by atoms with Crippen LogP contribution in [-0.2, 0) is 0 Å². The average Bonchev–Trinajstić information content (AvgIpc) is 2.37. The SMILES string of the molecule is ON=C(Cl)c1ccoc1. The highest BCUT2D eigenvalue weighted by Gasteiger charge is 1.98. The van der Waals surface area contributed by atoms with E-state index in [2.05, 4.69) is 9.57 Å². The van der Waals surface area contributed by atoms with Crippen LogP contribution in [0.3, 0.4) is 0 Å². The fraction of sp³-hybridized carbons (Fsp3) is 0. The molecule has 0 saturated heterocycles. The lowest BCUT2D eigenvalue weighted by Gasteiger charge is -1.83. The molecule has 0 radical (unpaired) electrons. The van der Waals surface area contributed by atoms with Crippen molar-refractivity contribution < 1.29 is 9.62 Å². The first kappa shape index (κ1) is 6.16. The Kier molecular flexibility index (Phi) is 1.75. The van der Waals surface area contributed by atoms with Crippen molar-refractivity contribution in [2.45, 2.75) is 0 Å². The van der Waals surface area contributed by atoms with Crippen LogP contribution >= 0.6 is 11.6 Å². The second-order valence-electron chi connectivity index (χ2n) is 1.40. The van der Waals surface area contributed by atoms with Gasteiger partial charge in [0.1, 0.15) is 6.26 Å². The van der Waals surface area contributed by atoms with Crippen molar-refractivity contribution in [2.75, 3.05) is 0 Å². The number of oxime groups is 1. The topological polar surface area (TPSA) is 45.7 Å². The lowest BCUT2D eigenvalue weighted by molar-refractivity contribution is 0.321. The molecule has 1 N–H and O–H groups in total. The summed E-state index contributed by atoms with van der Waals surface area (Å²) in [6.07, 6.45) is 2.84. The van der Waals surface area contributed by atoms with Crippen molar-refractivity contribution >= 4 is 16.8 Å². The average molecular weight is 146 g/mol. The van der Waals surface area contributed by atoms with Crippen LogP contribution in [0.1, 0.15) is 5.56 Å². The summed E-state index contributed by atoms with van der Waals surface area (Å²) in [6.45, 7) is 0. The summed E-state index contributed by atoms with van der Waals surface area (Å²) in [5, 5.41) is 10.9. The van der Waals surface area contributed by atoms with E-state index < -0.39 is 0 Å². The Morgan fingerprint density at radius 3 is 3.00 bits per heavy atom. The number of nitrogens with zero attached hydrogens (tertiary/aromatic N) is 1. The highest BCUT2D eigenvalue weighted by atomic mass is 35.5. The minimum absolute atomic E-state index is 0.0313. The van der Waals surface area contributed by atoms with Crippen molar-refractivity contribution in [1.29, 1.82) is 0 Å². The molecule has 9 heavy (non-hydrogen) atoms. The second kappa shape index (κ2) is 2.55. The molecule has 0 aliphatic carbocycles. The third-order valence-electron chi connectivity index (χ3n) is 0.847. The number of furan rings is 1. The molecule has 0 aliphatic rings. The maximum atomic E-state index is 8.12. The molecule has 0 aliphatic heterocycles. The second-order valence-corrected chi connectivity index (χ2v) is 1.76. The molecule has 4 heteroatoms. The zero-order valence-electron chi connectivity index (χ0n) is 4.41. The van der Waals surface area contributed by atoms with Gasteiger partial charge in [0.05, 0.1) is 11.8 Å². The van der Waals surface area contributed by atoms with Gasteiger partial charge in [0.25, 0.3) is 0 Å². The van der Waals surface area contributed by atoms with E-state index in [1.54, 1.807) is 6.07 Å². The number of halogens is 1. The molecular formula is C5H4ClNO2. The summed E-state index contributed by atoms with van der Waals surface area (Å²) in [7, 11) is 0. The molecule has 0 fully saturated rings. The highest BCUT2D eigenvalue weighted by molar-refractivity contribution is 6.69. The van der Waals surface area contributed by atoms with Crippen LogP contribution in [0.25, 0.3) is 0 Å². The first-order chi connectivity index (χ1) is 4.34. The predicted octanol–water partition coefficient (Wildman–Crippen LogP) is 1.65. The third kappa shape index (κ3) is 1.23. The quantitative estimate of drug-likeness (QED) is 0.371. The van der Waals surface area contributed by atoms with E-state index in [0.29, 0.717) is 5.56 Å². The Labute approximate surface area is 56.5 Å². The molecule has 0 bridgehead atoms. The molecular weight excluding hydrogens is 142 g/mol. The van der Waals surface area contributed by atoms with Gasteiger partial charge in [-0.3, -0.25) is 0 Å². The van der Waals surface area contributed by atoms with E-state index in [-0.39, 0.29) is 5.17 Å². The molecule has 48 valence electrons. The minimum Gasteiger partial charge on any atom is -0.472 e. The molecule has 0 amide bonds. The van der Waals surface area contributed by atoms with E-state index in [1.165, 1.54) is 12.5 Å². The molecule has 3 nitrogen and oxygen atoms in total. The Morgan fingerprint density at radius 1 is 1.78 bits per heavy atom. The van der Waals surface area contributed by atoms with Gasteiger partial charge in [-0.15, -0.1) is 0 Å². The van der Waals surface area contributed by atoms with Gasteiger partial charge in [-0.2, -0.15) is 0 Å². The molecule has 1 heterocycles. The van der Waals surface area contributed by atoms with Gasteiger partial charge in [-0.25, -0.2) is 0 Å². The van der Waals surface area contributed by atoms with Crippen molar-refractivity contribution in [3.8, 4) is 0 Å². The first-order valence-electron chi connectivity index (χ1n) is 2.24. The van der Waals surface area contributed by atoms with Gasteiger partial charge in [0.2, 0.25) is 0 Å². The summed E-state index contributed by atoms with van der Waals surface area (Å²) < 4.78 is 4.66. The molecule has 0 saturated carbocycles. The predicted molar refractivity (Wildman–Crippen MR) is 32.9 cm³/mol. The molecule has 1 rings (SSSR count). The maximum Gasteiger partial charge on any atom is 0.178 e. The summed E-state index contributed by atoms with van der Waals surface area (Å²) in [5.41, 5.74) is 0.569. The third-order valence-corrected chi connectivity index (χ3v) is 1.14. The van der Waals surface area contributed by atoms with Gasteiger partial charge in [0, 0.05) is 0 Å². The van der Waals surface area contributed by atoms with Crippen molar-refractivity contribution in [3.05, 3.63) is 24.2 Å². The molecule has 0 aromatic carbocycles. The van der Waals surface area contributed by atoms with Gasteiger partial charge in [-0.05, 0) is 6.07 Å². The monoisotopic (exact) mass is 145 g/mol. The summed E-state index contributed by atoms with van der Waals surface area (Å²) in [4.78, 5) is 0. The molecule has 0 atom stereocenters. The van der Waals surface area contributed by atoms with Crippen LogP contribution in [0.2, 0.25) is 0 Å². The fourth-order valence-electron chi connectivity index (χ4n) is 0.440. The molecule has 0 spiro atoms. The molecule has 1 aromatic heterocycles.